The van der Waals surface area contributed by atoms with Crippen LogP contribution >= 0.6 is 0 Å². The van der Waals surface area contributed by atoms with Crippen LogP contribution in [0, 0.1) is 12.8 Å². The highest BCUT2D eigenvalue weighted by Gasteiger charge is 2.20. The molecule has 1 aromatic carbocycles. The molecule has 0 bridgehead atoms. The molecule has 0 aliphatic heterocycles. The van der Waals surface area contributed by atoms with Gasteiger partial charge in [0.1, 0.15) is 10.6 Å². The lowest BCUT2D eigenvalue weighted by atomic mass is 10.1. The fraction of sp³-hybridized carbons (Fsp3) is 0.462. The van der Waals surface area contributed by atoms with Gasteiger partial charge in [0.2, 0.25) is 10.0 Å². The smallest absolute Gasteiger partial charge is 0.303 e. The van der Waals surface area contributed by atoms with Crippen LogP contribution in [-0.2, 0) is 14.8 Å². The zero-order chi connectivity index (χ0) is 15.3. The maximum atomic E-state index is 12.2. The van der Waals surface area contributed by atoms with Crippen LogP contribution in [0.25, 0.3) is 0 Å². The summed E-state index contributed by atoms with van der Waals surface area (Å²) < 4.78 is 31.9. The van der Waals surface area contributed by atoms with E-state index < -0.39 is 16.0 Å². The van der Waals surface area contributed by atoms with Gasteiger partial charge in [-0.3, -0.25) is 4.79 Å². The van der Waals surface area contributed by atoms with Gasteiger partial charge < -0.3 is 9.84 Å². The number of rotatable bonds is 7. The van der Waals surface area contributed by atoms with Gasteiger partial charge in [0.15, 0.2) is 0 Å². The summed E-state index contributed by atoms with van der Waals surface area (Å²) in [7, 11) is -2.32. The fourth-order valence-electron chi connectivity index (χ4n) is 1.69. The molecule has 2 N–H and O–H groups in total. The Labute approximate surface area is 118 Å². The molecule has 0 heterocycles. The molecular formula is C13H19NO5S. The zero-order valence-electron chi connectivity index (χ0n) is 11.7. The Morgan fingerprint density at radius 1 is 1.45 bits per heavy atom. The number of aliphatic carboxylic acids is 1. The van der Waals surface area contributed by atoms with Gasteiger partial charge >= 0.3 is 5.97 Å². The van der Waals surface area contributed by atoms with E-state index in [1.54, 1.807) is 26.0 Å². The summed E-state index contributed by atoms with van der Waals surface area (Å²) in [5, 5.41) is 8.65. The summed E-state index contributed by atoms with van der Waals surface area (Å²) in [5.41, 5.74) is 0.796. The first kappa shape index (κ1) is 16.5. The van der Waals surface area contributed by atoms with Gasteiger partial charge in [-0.1, -0.05) is 13.0 Å². The number of nitrogens with one attached hydrogen (secondary N) is 1. The Balaban J connectivity index is 2.89. The molecule has 1 rings (SSSR count). The number of ether oxygens (including phenoxy) is 1. The minimum absolute atomic E-state index is 0.0579. The molecule has 112 valence electrons. The Hall–Kier alpha value is -1.60. The average molecular weight is 301 g/mol. The molecule has 0 spiro atoms. The van der Waals surface area contributed by atoms with Crippen LogP contribution in [0.1, 0.15) is 18.9 Å². The molecule has 0 aliphatic rings. The predicted molar refractivity (Wildman–Crippen MR) is 74.3 cm³/mol. The summed E-state index contributed by atoms with van der Waals surface area (Å²) in [6, 6.07) is 4.86. The molecule has 0 radical (unpaired) electrons. The molecule has 6 nitrogen and oxygen atoms in total. The molecule has 1 aromatic rings. The van der Waals surface area contributed by atoms with E-state index in [-0.39, 0.29) is 29.5 Å². The van der Waals surface area contributed by atoms with Gasteiger partial charge in [-0.05, 0) is 30.5 Å². The third-order valence-electron chi connectivity index (χ3n) is 2.75. The molecule has 0 saturated carbocycles. The van der Waals surface area contributed by atoms with Gasteiger partial charge in [0.25, 0.3) is 0 Å². The molecule has 20 heavy (non-hydrogen) atoms. The minimum Gasteiger partial charge on any atom is -0.495 e. The lowest BCUT2D eigenvalue weighted by Crippen LogP contribution is -2.29. The van der Waals surface area contributed by atoms with E-state index in [1.807, 2.05) is 0 Å². The van der Waals surface area contributed by atoms with Gasteiger partial charge in [0, 0.05) is 13.0 Å². The third kappa shape index (κ3) is 4.50. The normalized spacial score (nSPS) is 12.9. The molecule has 7 heteroatoms. The van der Waals surface area contributed by atoms with E-state index >= 15 is 0 Å². The highest BCUT2D eigenvalue weighted by atomic mass is 32.2. The third-order valence-corrected chi connectivity index (χ3v) is 4.20. The number of carbonyl (C=O) groups is 1. The average Bonchev–Trinajstić information content (AvgIpc) is 2.36. The van der Waals surface area contributed by atoms with E-state index in [0.717, 1.165) is 5.56 Å². The molecule has 1 atom stereocenters. The minimum atomic E-state index is -3.72. The zero-order valence-corrected chi connectivity index (χ0v) is 12.5. The Kier molecular flexibility index (Phi) is 5.52. The van der Waals surface area contributed by atoms with Crippen molar-refractivity contribution >= 4 is 16.0 Å². The topological polar surface area (TPSA) is 92.7 Å². The predicted octanol–water partition coefficient (Wildman–Crippen LogP) is 1.39. The van der Waals surface area contributed by atoms with Crippen LogP contribution < -0.4 is 9.46 Å². The van der Waals surface area contributed by atoms with Crippen molar-refractivity contribution in [1.82, 2.24) is 4.72 Å². The summed E-state index contributed by atoms with van der Waals surface area (Å²) in [5.74, 6) is -0.989. The van der Waals surface area contributed by atoms with Crippen LogP contribution in [-0.4, -0.2) is 33.1 Å². The number of methoxy groups -OCH3 is 1. The van der Waals surface area contributed by atoms with Crippen molar-refractivity contribution in [2.45, 2.75) is 25.2 Å². The molecule has 0 saturated heterocycles. The van der Waals surface area contributed by atoms with Gasteiger partial charge in [-0.15, -0.1) is 0 Å². The van der Waals surface area contributed by atoms with Crippen molar-refractivity contribution in [3.8, 4) is 5.75 Å². The summed E-state index contributed by atoms with van der Waals surface area (Å²) in [4.78, 5) is 10.6. The summed E-state index contributed by atoms with van der Waals surface area (Å²) in [6.45, 7) is 3.52. The number of carboxylic acids is 1. The van der Waals surface area contributed by atoms with Crippen LogP contribution in [0.3, 0.4) is 0 Å². The van der Waals surface area contributed by atoms with E-state index in [9.17, 15) is 13.2 Å². The number of hydrogen-bond acceptors (Lipinski definition) is 4. The van der Waals surface area contributed by atoms with E-state index in [2.05, 4.69) is 4.72 Å². The molecule has 0 aromatic heterocycles. The highest BCUT2D eigenvalue weighted by Crippen LogP contribution is 2.24. The number of benzene rings is 1. The second-order valence-electron chi connectivity index (χ2n) is 4.71. The quantitative estimate of drug-likeness (QED) is 0.794. The number of aryl methyl sites for hydroxylation is 1. The second kappa shape index (κ2) is 6.71. The highest BCUT2D eigenvalue weighted by molar-refractivity contribution is 7.89. The lowest BCUT2D eigenvalue weighted by molar-refractivity contribution is -0.137. The first-order valence-corrected chi connectivity index (χ1v) is 7.60. The van der Waals surface area contributed by atoms with E-state index in [1.165, 1.54) is 13.2 Å². The monoisotopic (exact) mass is 301 g/mol. The molecule has 1 unspecified atom stereocenters. The van der Waals surface area contributed by atoms with Crippen molar-refractivity contribution in [3.63, 3.8) is 0 Å². The lowest BCUT2D eigenvalue weighted by Gasteiger charge is -2.13. The van der Waals surface area contributed by atoms with Gasteiger partial charge in [0.05, 0.1) is 7.11 Å². The van der Waals surface area contributed by atoms with Crippen molar-refractivity contribution in [2.24, 2.45) is 5.92 Å². The van der Waals surface area contributed by atoms with Crippen molar-refractivity contribution in [2.75, 3.05) is 13.7 Å². The van der Waals surface area contributed by atoms with E-state index in [4.69, 9.17) is 9.84 Å². The SMILES string of the molecule is COc1ccc(C)cc1S(=O)(=O)NCC(C)CC(=O)O. The fourth-order valence-corrected chi connectivity index (χ4v) is 3.11. The first-order chi connectivity index (χ1) is 9.26. The van der Waals surface area contributed by atoms with Gasteiger partial charge in [-0.2, -0.15) is 0 Å². The Bertz CT molecular complexity index is 582. The van der Waals surface area contributed by atoms with Crippen LogP contribution in [0.5, 0.6) is 5.75 Å². The molecule has 0 fully saturated rings. The van der Waals surface area contributed by atoms with E-state index in [0.29, 0.717) is 0 Å². The van der Waals surface area contributed by atoms with Crippen molar-refractivity contribution < 1.29 is 23.1 Å². The number of sulfonamides is 1. The van der Waals surface area contributed by atoms with Crippen molar-refractivity contribution in [3.05, 3.63) is 23.8 Å². The van der Waals surface area contributed by atoms with Crippen LogP contribution in [0.4, 0.5) is 0 Å². The van der Waals surface area contributed by atoms with Crippen LogP contribution in [0.2, 0.25) is 0 Å². The standard InChI is InChI=1S/C13H19NO5S/c1-9-4-5-11(19-3)12(6-9)20(17,18)14-8-10(2)7-13(15)16/h4-6,10,14H,7-8H2,1-3H3,(H,15,16). The Morgan fingerprint density at radius 3 is 2.65 bits per heavy atom. The first-order valence-electron chi connectivity index (χ1n) is 6.12. The summed E-state index contributed by atoms with van der Waals surface area (Å²) >= 11 is 0. The summed E-state index contributed by atoms with van der Waals surface area (Å²) in [6.07, 6.45) is -0.0898. The molecular weight excluding hydrogens is 282 g/mol. The number of carboxylic acid groups (broad SMARTS) is 1. The van der Waals surface area contributed by atoms with Gasteiger partial charge in [-0.25, -0.2) is 13.1 Å². The second-order valence-corrected chi connectivity index (χ2v) is 6.44. The van der Waals surface area contributed by atoms with Crippen LogP contribution in [0.15, 0.2) is 23.1 Å². The maximum absolute atomic E-state index is 12.2. The van der Waals surface area contributed by atoms with Crippen molar-refractivity contribution in [1.29, 1.82) is 0 Å². The number of hydrogen-bond donors (Lipinski definition) is 2. The maximum Gasteiger partial charge on any atom is 0.303 e. The Morgan fingerprint density at radius 2 is 2.10 bits per heavy atom. The largest absolute Gasteiger partial charge is 0.495 e. The molecule has 0 aliphatic carbocycles. The molecule has 0 amide bonds.